The second kappa shape index (κ2) is 7.89. The van der Waals surface area contributed by atoms with Crippen molar-refractivity contribution in [2.45, 2.75) is 0 Å². The summed E-state index contributed by atoms with van der Waals surface area (Å²) in [7, 11) is 0. The molecule has 0 fully saturated rings. The minimum atomic E-state index is 0.578. The fourth-order valence-electron chi connectivity index (χ4n) is 0.972. The van der Waals surface area contributed by atoms with Gasteiger partial charge in [-0.25, -0.2) is 0 Å². The van der Waals surface area contributed by atoms with Gasteiger partial charge in [0.2, 0.25) is 0 Å². The lowest BCUT2D eigenvalue weighted by Gasteiger charge is -1.87. The van der Waals surface area contributed by atoms with E-state index in [0.29, 0.717) is 5.88 Å². The van der Waals surface area contributed by atoms with Gasteiger partial charge in [-0.2, -0.15) is 0 Å². The van der Waals surface area contributed by atoms with Crippen LogP contribution in [0.2, 0.25) is 0 Å². The smallest absolute Gasteiger partial charge is 0.0902 e. The normalized spacial score (nSPS) is 9.67. The van der Waals surface area contributed by atoms with Crippen molar-refractivity contribution in [3.8, 4) is 0 Å². The Balaban J connectivity index is 0.000000187. The third-order valence-electron chi connectivity index (χ3n) is 1.62. The Morgan fingerprint density at radius 3 is 2.13 bits per heavy atom. The molecule has 0 bridgehead atoms. The largest absolute Gasteiger partial charge is 0.473 e. The van der Waals surface area contributed by atoms with Crippen LogP contribution in [-0.4, -0.2) is 5.88 Å². The van der Waals surface area contributed by atoms with Gasteiger partial charge in [-0.15, -0.1) is 11.6 Å². The highest BCUT2D eigenvalue weighted by molar-refractivity contribution is 6.19. The van der Waals surface area contributed by atoms with Gasteiger partial charge in [0.25, 0.3) is 0 Å². The molecule has 0 atom stereocenters. The molecule has 1 aromatic carbocycles. The zero-order valence-electron chi connectivity index (χ0n) is 8.34. The molecule has 78 valence electrons. The van der Waals surface area contributed by atoms with Crippen LogP contribution < -0.4 is 0 Å². The van der Waals surface area contributed by atoms with Crippen molar-refractivity contribution in [3.05, 3.63) is 66.6 Å². The predicted octanol–water partition coefficient (Wildman–Crippen LogP) is 4.22. The molecule has 0 aliphatic carbocycles. The van der Waals surface area contributed by atoms with Gasteiger partial charge in [-0.05, 0) is 17.7 Å². The van der Waals surface area contributed by atoms with Crippen LogP contribution in [-0.2, 0) is 0 Å². The number of hydrogen-bond acceptors (Lipinski definition) is 1. The van der Waals surface area contributed by atoms with E-state index in [1.807, 2.05) is 54.6 Å². The molecule has 2 heteroatoms. The summed E-state index contributed by atoms with van der Waals surface area (Å²) in [4.78, 5) is 0. The minimum absolute atomic E-state index is 0.578. The molecule has 1 heterocycles. The van der Waals surface area contributed by atoms with Crippen molar-refractivity contribution in [3.63, 3.8) is 0 Å². The van der Waals surface area contributed by atoms with Crippen molar-refractivity contribution in [1.82, 2.24) is 0 Å². The van der Waals surface area contributed by atoms with E-state index in [9.17, 15) is 0 Å². The Kier molecular flexibility index (Phi) is 6.10. The lowest BCUT2D eigenvalue weighted by Crippen LogP contribution is -1.67. The molecule has 0 radical (unpaired) electrons. The quantitative estimate of drug-likeness (QED) is 0.691. The maximum absolute atomic E-state index is 5.46. The number of benzene rings is 1. The van der Waals surface area contributed by atoms with Crippen molar-refractivity contribution in [1.29, 1.82) is 0 Å². The molecule has 15 heavy (non-hydrogen) atoms. The Morgan fingerprint density at radius 1 is 1.00 bits per heavy atom. The molecule has 0 N–H and O–H groups in total. The first-order valence-electron chi connectivity index (χ1n) is 4.68. The molecule has 0 amide bonds. The first kappa shape index (κ1) is 11.6. The van der Waals surface area contributed by atoms with E-state index < -0.39 is 0 Å². The molecule has 0 aliphatic heterocycles. The molecule has 0 aliphatic rings. The first-order valence-corrected chi connectivity index (χ1v) is 5.21. The van der Waals surface area contributed by atoms with Crippen LogP contribution in [0.1, 0.15) is 5.56 Å². The molecule has 0 saturated carbocycles. The van der Waals surface area contributed by atoms with Gasteiger partial charge in [0.15, 0.2) is 0 Å². The third kappa shape index (κ3) is 5.76. The summed E-state index contributed by atoms with van der Waals surface area (Å²) in [5, 5.41) is 0. The van der Waals surface area contributed by atoms with Crippen LogP contribution in [0.3, 0.4) is 0 Å². The van der Waals surface area contributed by atoms with Gasteiger partial charge in [0.1, 0.15) is 0 Å². The van der Waals surface area contributed by atoms with Crippen LogP contribution in [0.15, 0.2) is 65.5 Å². The van der Waals surface area contributed by atoms with Crippen molar-refractivity contribution >= 4 is 17.7 Å². The van der Waals surface area contributed by atoms with Gasteiger partial charge in [0.05, 0.1) is 12.5 Å². The summed E-state index contributed by atoms with van der Waals surface area (Å²) in [5.74, 6) is 0.578. The Hall–Kier alpha value is -1.47. The standard InChI is InChI=1S/C9H9Cl.C4H4O/c10-8-4-7-9-5-2-1-3-6-9;1-2-4-5-3-1/h1-7H,8H2;1-4H/b7-4+;. The number of halogens is 1. The average molecular weight is 221 g/mol. The zero-order valence-corrected chi connectivity index (χ0v) is 9.10. The summed E-state index contributed by atoms with van der Waals surface area (Å²) >= 11 is 5.46. The highest BCUT2D eigenvalue weighted by atomic mass is 35.5. The van der Waals surface area contributed by atoms with Gasteiger partial charge >= 0.3 is 0 Å². The summed E-state index contributed by atoms with van der Waals surface area (Å²) in [6.07, 6.45) is 7.18. The van der Waals surface area contributed by atoms with E-state index in [0.717, 1.165) is 0 Å². The molecule has 0 unspecified atom stereocenters. The molecule has 2 aromatic rings. The van der Waals surface area contributed by atoms with E-state index in [1.165, 1.54) is 5.56 Å². The van der Waals surface area contributed by atoms with Crippen molar-refractivity contribution < 1.29 is 4.42 Å². The minimum Gasteiger partial charge on any atom is -0.473 e. The number of allylic oxidation sites excluding steroid dienone is 1. The Labute approximate surface area is 95.0 Å². The number of hydrogen-bond donors (Lipinski definition) is 0. The van der Waals surface area contributed by atoms with Crippen LogP contribution in [0.4, 0.5) is 0 Å². The SMILES string of the molecule is ClC/C=C/c1ccccc1.c1ccoc1. The summed E-state index contributed by atoms with van der Waals surface area (Å²) in [6.45, 7) is 0. The molecule has 2 rings (SSSR count). The topological polar surface area (TPSA) is 13.1 Å². The number of furan rings is 1. The van der Waals surface area contributed by atoms with E-state index >= 15 is 0 Å². The average Bonchev–Trinajstić information content (AvgIpc) is 2.86. The number of alkyl halides is 1. The summed E-state index contributed by atoms with van der Waals surface area (Å²) < 4.78 is 4.58. The van der Waals surface area contributed by atoms with Gasteiger partial charge in [0, 0.05) is 5.88 Å². The van der Waals surface area contributed by atoms with Crippen LogP contribution >= 0.6 is 11.6 Å². The lowest BCUT2D eigenvalue weighted by molar-refractivity contribution is 0.567. The molecular weight excluding hydrogens is 208 g/mol. The van der Waals surface area contributed by atoms with Crippen molar-refractivity contribution in [2.75, 3.05) is 5.88 Å². The molecule has 1 nitrogen and oxygen atoms in total. The fraction of sp³-hybridized carbons (Fsp3) is 0.0769. The van der Waals surface area contributed by atoms with E-state index in [2.05, 4.69) is 4.42 Å². The lowest BCUT2D eigenvalue weighted by atomic mass is 10.2. The number of rotatable bonds is 2. The predicted molar refractivity (Wildman–Crippen MR) is 64.9 cm³/mol. The maximum Gasteiger partial charge on any atom is 0.0902 e. The van der Waals surface area contributed by atoms with Gasteiger partial charge in [-0.1, -0.05) is 42.5 Å². The Morgan fingerprint density at radius 2 is 1.67 bits per heavy atom. The van der Waals surface area contributed by atoms with Crippen LogP contribution in [0.5, 0.6) is 0 Å². The highest BCUT2D eigenvalue weighted by Crippen LogP contribution is 2.00. The maximum atomic E-state index is 5.46. The van der Waals surface area contributed by atoms with Crippen LogP contribution in [0.25, 0.3) is 6.08 Å². The molecule has 1 aromatic heterocycles. The van der Waals surface area contributed by atoms with Crippen molar-refractivity contribution in [2.24, 2.45) is 0 Å². The highest BCUT2D eigenvalue weighted by Gasteiger charge is 1.79. The second-order valence-corrected chi connectivity index (χ2v) is 3.07. The van der Waals surface area contributed by atoms with Crippen LogP contribution in [0, 0.1) is 0 Å². The molecular formula is C13H13ClO. The van der Waals surface area contributed by atoms with Gasteiger partial charge in [-0.3, -0.25) is 0 Å². The molecule has 0 saturated heterocycles. The Bertz CT molecular complexity index is 334. The van der Waals surface area contributed by atoms with E-state index in [1.54, 1.807) is 12.5 Å². The fourth-order valence-corrected chi connectivity index (χ4v) is 1.06. The van der Waals surface area contributed by atoms with Gasteiger partial charge < -0.3 is 4.42 Å². The van der Waals surface area contributed by atoms with E-state index in [-0.39, 0.29) is 0 Å². The zero-order chi connectivity index (χ0) is 10.8. The summed E-state index contributed by atoms with van der Waals surface area (Å²) in [6, 6.07) is 13.8. The monoisotopic (exact) mass is 220 g/mol. The molecule has 0 spiro atoms. The van der Waals surface area contributed by atoms with E-state index in [4.69, 9.17) is 11.6 Å². The summed E-state index contributed by atoms with van der Waals surface area (Å²) in [5.41, 5.74) is 1.20. The first-order chi connectivity index (χ1) is 7.43. The third-order valence-corrected chi connectivity index (χ3v) is 1.80. The second-order valence-electron chi connectivity index (χ2n) is 2.76.